The molecule has 1 amide bonds. The van der Waals surface area contributed by atoms with Crippen molar-refractivity contribution in [2.45, 2.75) is 13.3 Å². The summed E-state index contributed by atoms with van der Waals surface area (Å²) in [6, 6.07) is 1.91. The number of rotatable bonds is 3. The lowest BCUT2D eigenvalue weighted by atomic mass is 10.2. The lowest BCUT2D eigenvalue weighted by Gasteiger charge is -2.34. The first kappa shape index (κ1) is 13.1. The molecule has 0 radical (unpaired) electrons. The van der Waals surface area contributed by atoms with Gasteiger partial charge in [-0.1, -0.05) is 6.92 Å². The summed E-state index contributed by atoms with van der Waals surface area (Å²) in [6.07, 6.45) is 1.19. The zero-order valence-corrected chi connectivity index (χ0v) is 12.4. The summed E-state index contributed by atoms with van der Waals surface area (Å²) in [7, 11) is 0. The molecule has 0 unspecified atom stereocenters. The van der Waals surface area contributed by atoms with Crippen LogP contribution in [-0.2, 0) is 0 Å². The minimum atomic E-state index is 0.170. The molecule has 0 bridgehead atoms. The molecule has 1 saturated heterocycles. The maximum atomic E-state index is 12.2. The summed E-state index contributed by atoms with van der Waals surface area (Å²) in [5.41, 5.74) is 0.811. The fraction of sp³-hybridized carbons (Fsp3) is 0.583. The van der Waals surface area contributed by atoms with Crippen LogP contribution in [0.3, 0.4) is 0 Å². The molecule has 1 aromatic heterocycles. The Bertz CT molecular complexity index is 386. The van der Waals surface area contributed by atoms with Gasteiger partial charge in [0, 0.05) is 31.6 Å². The third kappa shape index (κ3) is 3.30. The number of hydrogen-bond donors (Lipinski definition) is 0. The highest BCUT2D eigenvalue weighted by Gasteiger charge is 2.22. The van der Waals surface area contributed by atoms with E-state index in [1.54, 1.807) is 11.3 Å². The van der Waals surface area contributed by atoms with Gasteiger partial charge in [-0.25, -0.2) is 0 Å². The van der Waals surface area contributed by atoms with Crippen molar-refractivity contribution in [3.05, 3.63) is 20.8 Å². The lowest BCUT2D eigenvalue weighted by molar-refractivity contribution is 0.0638. The van der Waals surface area contributed by atoms with Crippen LogP contribution < -0.4 is 0 Å². The van der Waals surface area contributed by atoms with Crippen LogP contribution in [0.25, 0.3) is 0 Å². The second-order valence-electron chi connectivity index (χ2n) is 4.27. The first-order chi connectivity index (χ1) is 8.20. The minimum Gasteiger partial charge on any atom is -0.336 e. The quantitative estimate of drug-likeness (QED) is 0.856. The molecule has 5 heteroatoms. The van der Waals surface area contributed by atoms with Crippen molar-refractivity contribution < 1.29 is 4.79 Å². The summed E-state index contributed by atoms with van der Waals surface area (Å²) >= 11 is 4.96. The van der Waals surface area contributed by atoms with Crippen LogP contribution in [0.2, 0.25) is 0 Å². The Morgan fingerprint density at radius 2 is 2.12 bits per heavy atom. The molecule has 3 nitrogen and oxygen atoms in total. The molecule has 0 spiro atoms. The highest BCUT2D eigenvalue weighted by Crippen LogP contribution is 2.22. The molecule has 1 fully saturated rings. The van der Waals surface area contributed by atoms with Crippen LogP contribution in [0.15, 0.2) is 15.2 Å². The predicted octanol–water partition coefficient (Wildman–Crippen LogP) is 2.68. The van der Waals surface area contributed by atoms with Gasteiger partial charge in [0.1, 0.15) is 0 Å². The molecule has 0 atom stereocenters. The van der Waals surface area contributed by atoms with Crippen molar-refractivity contribution in [2.75, 3.05) is 32.7 Å². The Hall–Kier alpha value is -0.390. The van der Waals surface area contributed by atoms with E-state index in [-0.39, 0.29) is 5.91 Å². The van der Waals surface area contributed by atoms with Crippen molar-refractivity contribution in [1.82, 2.24) is 9.80 Å². The Labute approximate surface area is 115 Å². The van der Waals surface area contributed by atoms with E-state index < -0.39 is 0 Å². The maximum Gasteiger partial charge on any atom is 0.254 e. The normalized spacial score (nSPS) is 17.4. The van der Waals surface area contributed by atoms with Gasteiger partial charge in [0.15, 0.2) is 0 Å². The molecule has 0 aliphatic carbocycles. The van der Waals surface area contributed by atoms with Crippen LogP contribution in [0.1, 0.15) is 23.7 Å². The van der Waals surface area contributed by atoms with Crippen LogP contribution in [0, 0.1) is 0 Å². The van der Waals surface area contributed by atoms with Gasteiger partial charge in [-0.05, 0) is 35.0 Å². The smallest absolute Gasteiger partial charge is 0.254 e. The number of thiophene rings is 1. The van der Waals surface area contributed by atoms with Gasteiger partial charge in [-0.3, -0.25) is 9.69 Å². The predicted molar refractivity (Wildman–Crippen MR) is 74.7 cm³/mol. The van der Waals surface area contributed by atoms with E-state index in [1.807, 2.05) is 16.3 Å². The van der Waals surface area contributed by atoms with Gasteiger partial charge in [0.05, 0.1) is 9.35 Å². The van der Waals surface area contributed by atoms with Gasteiger partial charge < -0.3 is 4.90 Å². The fourth-order valence-corrected chi connectivity index (χ4v) is 3.23. The van der Waals surface area contributed by atoms with E-state index in [0.29, 0.717) is 0 Å². The topological polar surface area (TPSA) is 23.6 Å². The Morgan fingerprint density at radius 3 is 2.65 bits per heavy atom. The zero-order valence-electron chi connectivity index (χ0n) is 9.99. The molecule has 0 saturated carbocycles. The average Bonchev–Trinajstić information content (AvgIpc) is 2.76. The van der Waals surface area contributed by atoms with Crippen LogP contribution in [-0.4, -0.2) is 48.4 Å². The van der Waals surface area contributed by atoms with Gasteiger partial charge in [0.25, 0.3) is 5.91 Å². The number of halogens is 1. The van der Waals surface area contributed by atoms with Gasteiger partial charge in [-0.2, -0.15) is 0 Å². The van der Waals surface area contributed by atoms with Crippen molar-refractivity contribution >= 4 is 33.2 Å². The third-order valence-corrected chi connectivity index (χ3v) is 4.52. The number of nitrogens with zero attached hydrogens (tertiary/aromatic N) is 2. The SMILES string of the molecule is CCCN1CCN(C(=O)c2csc(Br)c2)CC1. The maximum absolute atomic E-state index is 12.2. The van der Waals surface area contributed by atoms with Gasteiger partial charge in [0.2, 0.25) is 0 Å². The second kappa shape index (κ2) is 5.98. The molecular weight excluding hydrogens is 300 g/mol. The van der Waals surface area contributed by atoms with E-state index in [9.17, 15) is 4.79 Å². The monoisotopic (exact) mass is 316 g/mol. The second-order valence-corrected chi connectivity index (χ2v) is 6.56. The Morgan fingerprint density at radius 1 is 1.41 bits per heavy atom. The van der Waals surface area contributed by atoms with Crippen molar-refractivity contribution in [2.24, 2.45) is 0 Å². The Kier molecular flexibility index (Phi) is 4.59. The van der Waals surface area contributed by atoms with Crippen molar-refractivity contribution in [3.63, 3.8) is 0 Å². The molecule has 0 aromatic carbocycles. The van der Waals surface area contributed by atoms with E-state index in [0.717, 1.165) is 42.1 Å². The summed E-state index contributed by atoms with van der Waals surface area (Å²) in [5.74, 6) is 0.170. The molecule has 94 valence electrons. The van der Waals surface area contributed by atoms with Crippen molar-refractivity contribution in [3.8, 4) is 0 Å². The molecule has 17 heavy (non-hydrogen) atoms. The fourth-order valence-electron chi connectivity index (χ4n) is 2.10. The van der Waals surface area contributed by atoms with E-state index in [4.69, 9.17) is 0 Å². The largest absolute Gasteiger partial charge is 0.336 e. The first-order valence-corrected chi connectivity index (χ1v) is 7.63. The third-order valence-electron chi connectivity index (χ3n) is 3.01. The molecule has 1 aliphatic rings. The zero-order chi connectivity index (χ0) is 12.3. The summed E-state index contributed by atoms with van der Waals surface area (Å²) in [4.78, 5) is 16.6. The molecule has 2 rings (SSSR count). The van der Waals surface area contributed by atoms with Crippen molar-refractivity contribution in [1.29, 1.82) is 0 Å². The number of piperazine rings is 1. The van der Waals surface area contributed by atoms with Gasteiger partial charge >= 0.3 is 0 Å². The van der Waals surface area contributed by atoms with Crippen LogP contribution in [0.4, 0.5) is 0 Å². The number of amides is 1. The Balaban J connectivity index is 1.90. The average molecular weight is 317 g/mol. The summed E-state index contributed by atoms with van der Waals surface area (Å²) in [6.45, 7) is 7.06. The molecule has 1 aromatic rings. The van der Waals surface area contributed by atoms with Crippen LogP contribution in [0.5, 0.6) is 0 Å². The van der Waals surface area contributed by atoms with E-state index in [1.165, 1.54) is 6.42 Å². The number of carbonyl (C=O) groups is 1. The molecule has 1 aliphatic heterocycles. The van der Waals surface area contributed by atoms with Gasteiger partial charge in [-0.15, -0.1) is 11.3 Å². The minimum absolute atomic E-state index is 0.170. The molecule has 0 N–H and O–H groups in total. The van der Waals surface area contributed by atoms with E-state index >= 15 is 0 Å². The highest BCUT2D eigenvalue weighted by atomic mass is 79.9. The highest BCUT2D eigenvalue weighted by molar-refractivity contribution is 9.11. The van der Waals surface area contributed by atoms with E-state index in [2.05, 4.69) is 27.8 Å². The molecule has 2 heterocycles. The summed E-state index contributed by atoms with van der Waals surface area (Å²) in [5, 5.41) is 1.92. The molecular formula is C12H17BrN2OS. The number of carbonyl (C=O) groups excluding carboxylic acids is 1. The standard InChI is InChI=1S/C12H17BrN2OS/c1-2-3-14-4-6-15(7-5-14)12(16)10-8-11(13)17-9-10/h8-9H,2-7H2,1H3. The summed E-state index contributed by atoms with van der Waals surface area (Å²) < 4.78 is 1.02. The van der Waals surface area contributed by atoms with Crippen LogP contribution >= 0.6 is 27.3 Å². The first-order valence-electron chi connectivity index (χ1n) is 5.96. The number of hydrogen-bond acceptors (Lipinski definition) is 3. The lowest BCUT2D eigenvalue weighted by Crippen LogP contribution is -2.48.